The lowest BCUT2D eigenvalue weighted by molar-refractivity contribution is -0.140. The molecule has 0 aliphatic rings. The van der Waals surface area contributed by atoms with Crippen LogP contribution in [0.5, 0.6) is 5.75 Å². The van der Waals surface area contributed by atoms with Gasteiger partial charge in [0.25, 0.3) is 0 Å². The molecular formula is C14H17FO4. The van der Waals surface area contributed by atoms with Gasteiger partial charge in [-0.3, -0.25) is 9.59 Å². The van der Waals surface area contributed by atoms with Crippen molar-refractivity contribution in [3.8, 4) is 5.75 Å². The average molecular weight is 268 g/mol. The van der Waals surface area contributed by atoms with Gasteiger partial charge in [-0.15, -0.1) is 0 Å². The van der Waals surface area contributed by atoms with Crippen molar-refractivity contribution in [3.63, 3.8) is 0 Å². The monoisotopic (exact) mass is 268 g/mol. The summed E-state index contributed by atoms with van der Waals surface area (Å²) in [6.45, 7) is 3.62. The highest BCUT2D eigenvalue weighted by Crippen LogP contribution is 2.23. The number of benzene rings is 1. The van der Waals surface area contributed by atoms with Gasteiger partial charge in [-0.2, -0.15) is 0 Å². The number of methoxy groups -OCH3 is 1. The van der Waals surface area contributed by atoms with E-state index in [1.54, 1.807) is 0 Å². The lowest BCUT2D eigenvalue weighted by Crippen LogP contribution is -2.12. The molecule has 0 aliphatic carbocycles. The Morgan fingerprint density at radius 1 is 1.26 bits per heavy atom. The van der Waals surface area contributed by atoms with E-state index < -0.39 is 11.8 Å². The van der Waals surface area contributed by atoms with E-state index in [4.69, 9.17) is 4.74 Å². The Bertz CT molecular complexity index is 469. The van der Waals surface area contributed by atoms with E-state index >= 15 is 0 Å². The Hall–Kier alpha value is -1.91. The first-order chi connectivity index (χ1) is 8.93. The third-order valence-corrected chi connectivity index (χ3v) is 2.39. The van der Waals surface area contributed by atoms with Crippen molar-refractivity contribution < 1.29 is 23.5 Å². The molecule has 0 unspecified atom stereocenters. The van der Waals surface area contributed by atoms with Crippen LogP contribution >= 0.6 is 0 Å². The van der Waals surface area contributed by atoms with Crippen LogP contribution in [0, 0.1) is 5.82 Å². The van der Waals surface area contributed by atoms with Crippen LogP contribution in [0.3, 0.4) is 0 Å². The van der Waals surface area contributed by atoms with Gasteiger partial charge < -0.3 is 9.47 Å². The normalized spacial score (nSPS) is 10.4. The van der Waals surface area contributed by atoms with Gasteiger partial charge in [-0.05, 0) is 32.0 Å². The maximum Gasteiger partial charge on any atom is 0.305 e. The molecule has 0 spiro atoms. The van der Waals surface area contributed by atoms with Crippen LogP contribution in [0.2, 0.25) is 0 Å². The van der Waals surface area contributed by atoms with Crippen molar-refractivity contribution in [2.45, 2.75) is 32.8 Å². The van der Waals surface area contributed by atoms with Gasteiger partial charge in [0.1, 0.15) is 11.6 Å². The third-order valence-electron chi connectivity index (χ3n) is 2.39. The van der Waals surface area contributed by atoms with Gasteiger partial charge in [-0.1, -0.05) is 0 Å². The lowest BCUT2D eigenvalue weighted by Gasteiger charge is -2.13. The molecule has 1 aromatic rings. The summed E-state index contributed by atoms with van der Waals surface area (Å²) in [5.41, 5.74) is 0.151. The molecular weight excluding hydrogens is 251 g/mol. The largest absolute Gasteiger partial charge is 0.490 e. The van der Waals surface area contributed by atoms with E-state index in [9.17, 15) is 14.0 Å². The van der Waals surface area contributed by atoms with Crippen LogP contribution in [0.4, 0.5) is 4.39 Å². The van der Waals surface area contributed by atoms with Crippen LogP contribution < -0.4 is 4.74 Å². The molecule has 0 N–H and O–H groups in total. The fraction of sp³-hybridized carbons (Fsp3) is 0.429. The summed E-state index contributed by atoms with van der Waals surface area (Å²) < 4.78 is 23.1. The van der Waals surface area contributed by atoms with Gasteiger partial charge in [-0.25, -0.2) is 4.39 Å². The second-order valence-corrected chi connectivity index (χ2v) is 4.31. The Balaban J connectivity index is 2.87. The molecule has 0 aromatic heterocycles. The van der Waals surface area contributed by atoms with Gasteiger partial charge >= 0.3 is 5.97 Å². The molecule has 0 fully saturated rings. The molecule has 104 valence electrons. The quantitative estimate of drug-likeness (QED) is 0.588. The first-order valence-corrected chi connectivity index (χ1v) is 6.00. The molecule has 0 saturated heterocycles. The number of carbonyl (C=O) groups is 2. The lowest BCUT2D eigenvalue weighted by atomic mass is 10.1. The fourth-order valence-electron chi connectivity index (χ4n) is 1.53. The zero-order valence-electron chi connectivity index (χ0n) is 11.2. The smallest absolute Gasteiger partial charge is 0.305 e. The molecule has 0 atom stereocenters. The number of ether oxygens (including phenoxy) is 2. The first-order valence-electron chi connectivity index (χ1n) is 6.00. The molecule has 0 radical (unpaired) electrons. The molecule has 19 heavy (non-hydrogen) atoms. The molecule has 0 heterocycles. The summed E-state index contributed by atoms with van der Waals surface area (Å²) in [5.74, 6) is -1.01. The van der Waals surface area contributed by atoms with Crippen LogP contribution in [0.15, 0.2) is 18.2 Å². The van der Waals surface area contributed by atoms with Crippen LogP contribution in [0.25, 0.3) is 0 Å². The zero-order chi connectivity index (χ0) is 14.4. The van der Waals surface area contributed by atoms with Crippen molar-refractivity contribution in [3.05, 3.63) is 29.6 Å². The molecule has 1 aromatic carbocycles. The number of ketones is 1. The van der Waals surface area contributed by atoms with Gasteiger partial charge in [0, 0.05) is 6.42 Å². The number of rotatable bonds is 6. The summed E-state index contributed by atoms with van der Waals surface area (Å²) in [7, 11) is 1.25. The highest BCUT2D eigenvalue weighted by molar-refractivity contribution is 5.99. The van der Waals surface area contributed by atoms with E-state index in [2.05, 4.69) is 4.74 Å². The number of Topliss-reactive ketones (excluding diaryl/α,β-unsaturated/α-hetero) is 1. The Morgan fingerprint density at radius 3 is 2.53 bits per heavy atom. The van der Waals surface area contributed by atoms with Crippen molar-refractivity contribution in [1.29, 1.82) is 0 Å². The van der Waals surface area contributed by atoms with Crippen LogP contribution in [-0.4, -0.2) is 25.0 Å². The second-order valence-electron chi connectivity index (χ2n) is 4.31. The standard InChI is InChI=1S/C14H17FO4/c1-9(2)19-13-6-4-10(15)8-11(13)12(16)5-7-14(17)18-3/h4,6,8-9H,5,7H2,1-3H3. The number of hydrogen-bond donors (Lipinski definition) is 0. The summed E-state index contributed by atoms with van der Waals surface area (Å²) in [6, 6.07) is 3.77. The average Bonchev–Trinajstić information content (AvgIpc) is 2.37. The first kappa shape index (κ1) is 15.1. The van der Waals surface area contributed by atoms with Crippen molar-refractivity contribution in [2.75, 3.05) is 7.11 Å². The maximum atomic E-state index is 13.2. The maximum absolute atomic E-state index is 13.2. The minimum absolute atomic E-state index is 0.0348. The summed E-state index contributed by atoms with van der Waals surface area (Å²) >= 11 is 0. The summed E-state index contributed by atoms with van der Waals surface area (Å²) in [6.07, 6.45) is -0.199. The van der Waals surface area contributed by atoms with Crippen molar-refractivity contribution in [1.82, 2.24) is 0 Å². The van der Waals surface area contributed by atoms with E-state index in [0.717, 1.165) is 6.07 Å². The van der Waals surface area contributed by atoms with Gasteiger partial charge in [0.15, 0.2) is 5.78 Å². The number of hydrogen-bond acceptors (Lipinski definition) is 4. The fourth-order valence-corrected chi connectivity index (χ4v) is 1.53. The van der Waals surface area contributed by atoms with Crippen LogP contribution in [0.1, 0.15) is 37.0 Å². The Labute approximate surface area is 111 Å². The summed E-state index contributed by atoms with van der Waals surface area (Å²) in [5, 5.41) is 0. The van der Waals surface area contributed by atoms with Crippen molar-refractivity contribution in [2.24, 2.45) is 0 Å². The molecule has 1 rings (SSSR count). The van der Waals surface area contributed by atoms with E-state index in [1.165, 1.54) is 19.2 Å². The zero-order valence-corrected chi connectivity index (χ0v) is 11.2. The summed E-state index contributed by atoms with van der Waals surface area (Å²) in [4.78, 5) is 23.0. The third kappa shape index (κ3) is 4.69. The van der Waals surface area contributed by atoms with Crippen molar-refractivity contribution >= 4 is 11.8 Å². The Kier molecular flexibility index (Phi) is 5.48. The van der Waals surface area contributed by atoms with Gasteiger partial charge in [0.05, 0.1) is 25.2 Å². The van der Waals surface area contributed by atoms with Crippen LogP contribution in [-0.2, 0) is 9.53 Å². The number of carbonyl (C=O) groups excluding carboxylic acids is 2. The minimum atomic E-state index is -0.516. The highest BCUT2D eigenvalue weighted by atomic mass is 19.1. The molecule has 4 nitrogen and oxygen atoms in total. The topological polar surface area (TPSA) is 52.6 Å². The molecule has 0 saturated carbocycles. The minimum Gasteiger partial charge on any atom is -0.490 e. The highest BCUT2D eigenvalue weighted by Gasteiger charge is 2.16. The van der Waals surface area contributed by atoms with E-state index in [0.29, 0.717) is 5.75 Å². The van der Waals surface area contributed by atoms with E-state index in [1.807, 2.05) is 13.8 Å². The Morgan fingerprint density at radius 2 is 1.95 bits per heavy atom. The number of esters is 1. The second kappa shape index (κ2) is 6.87. The van der Waals surface area contributed by atoms with E-state index in [-0.39, 0.29) is 30.3 Å². The molecule has 5 heteroatoms. The molecule has 0 amide bonds. The SMILES string of the molecule is COC(=O)CCC(=O)c1cc(F)ccc1OC(C)C. The predicted octanol–water partition coefficient (Wildman–Crippen LogP) is 2.75. The molecule has 0 bridgehead atoms. The van der Waals surface area contributed by atoms with Gasteiger partial charge in [0.2, 0.25) is 0 Å². The molecule has 0 aliphatic heterocycles. The predicted molar refractivity (Wildman–Crippen MR) is 67.7 cm³/mol. The number of halogens is 1.